The molecule has 6 heteroatoms. The van der Waals surface area contributed by atoms with Crippen LogP contribution in [0.3, 0.4) is 0 Å². The number of hydrogen-bond donors (Lipinski definition) is 3. The predicted molar refractivity (Wildman–Crippen MR) is 42.3 cm³/mol. The Bertz CT molecular complexity index is 169. The van der Waals surface area contributed by atoms with E-state index in [1.54, 1.807) is 6.92 Å². The summed E-state index contributed by atoms with van der Waals surface area (Å²) in [5.41, 5.74) is 8.03. The molecular formula is C6H13N3O3. The highest BCUT2D eigenvalue weighted by atomic mass is 16.3. The van der Waals surface area contributed by atoms with Crippen LogP contribution in [0.15, 0.2) is 5.11 Å². The van der Waals surface area contributed by atoms with Gasteiger partial charge in [0.25, 0.3) is 0 Å². The van der Waals surface area contributed by atoms with Crippen molar-refractivity contribution in [3.63, 3.8) is 0 Å². The van der Waals surface area contributed by atoms with Crippen LogP contribution >= 0.6 is 0 Å². The Labute approximate surface area is 70.1 Å². The van der Waals surface area contributed by atoms with Gasteiger partial charge in [0.05, 0.1) is 24.9 Å². The third-order valence-electron chi connectivity index (χ3n) is 1.59. The van der Waals surface area contributed by atoms with Gasteiger partial charge in [-0.3, -0.25) is 0 Å². The fourth-order valence-electron chi connectivity index (χ4n) is 0.777. The number of hydrogen-bond acceptors (Lipinski definition) is 4. The molecule has 12 heavy (non-hydrogen) atoms. The molecule has 0 rings (SSSR count). The minimum atomic E-state index is -1.20. The molecule has 3 atom stereocenters. The molecular weight excluding hydrogens is 162 g/mol. The zero-order valence-corrected chi connectivity index (χ0v) is 6.83. The predicted octanol–water partition coefficient (Wildman–Crippen LogP) is -0.211. The molecule has 0 aliphatic carbocycles. The van der Waals surface area contributed by atoms with Crippen LogP contribution in [0.2, 0.25) is 0 Å². The fourth-order valence-corrected chi connectivity index (χ4v) is 0.777. The number of aliphatic hydroxyl groups excluding tert-OH is 3. The molecule has 0 unspecified atom stereocenters. The van der Waals surface area contributed by atoms with Gasteiger partial charge in [-0.1, -0.05) is 12.0 Å². The maximum absolute atomic E-state index is 9.23. The first-order chi connectivity index (χ1) is 5.67. The summed E-state index contributed by atoms with van der Waals surface area (Å²) in [6, 6.07) is -0.968. The van der Waals surface area contributed by atoms with E-state index in [1.807, 2.05) is 0 Å². The zero-order valence-electron chi connectivity index (χ0n) is 6.83. The third kappa shape index (κ3) is 3.06. The summed E-state index contributed by atoms with van der Waals surface area (Å²) in [6.45, 7) is 1.21. The number of nitrogens with zero attached hydrogens (tertiary/aromatic N) is 3. The van der Waals surface area contributed by atoms with Gasteiger partial charge in [0.2, 0.25) is 0 Å². The van der Waals surface area contributed by atoms with Crippen LogP contribution < -0.4 is 0 Å². The van der Waals surface area contributed by atoms with Gasteiger partial charge in [-0.05, 0) is 12.0 Å². The summed E-state index contributed by atoms with van der Waals surface area (Å²) in [5, 5.41) is 30.1. The maximum atomic E-state index is 9.23. The topological polar surface area (TPSA) is 109 Å². The molecule has 0 aliphatic heterocycles. The van der Waals surface area contributed by atoms with Gasteiger partial charge in [-0.15, -0.1) is 0 Å². The molecule has 0 aromatic heterocycles. The van der Waals surface area contributed by atoms with Crippen molar-refractivity contribution in [2.45, 2.75) is 31.6 Å². The lowest BCUT2D eigenvalue weighted by atomic mass is 10.1. The van der Waals surface area contributed by atoms with E-state index >= 15 is 0 Å². The summed E-state index contributed by atoms with van der Waals surface area (Å²) in [5.74, 6) is 0. The van der Waals surface area contributed by atoms with Gasteiger partial charge in [-0.25, -0.2) is 0 Å². The molecule has 0 radical (unpaired) electrons. The molecule has 0 aromatic carbocycles. The van der Waals surface area contributed by atoms with Crippen LogP contribution in [0.25, 0.3) is 10.4 Å². The Morgan fingerprint density at radius 2 is 2.08 bits per heavy atom. The molecule has 6 nitrogen and oxygen atoms in total. The van der Waals surface area contributed by atoms with Crippen LogP contribution in [0.4, 0.5) is 0 Å². The van der Waals surface area contributed by atoms with E-state index in [0.29, 0.717) is 6.42 Å². The first-order valence-corrected chi connectivity index (χ1v) is 3.68. The van der Waals surface area contributed by atoms with Crippen molar-refractivity contribution in [1.82, 2.24) is 0 Å². The minimum absolute atomic E-state index is 0.346. The van der Waals surface area contributed by atoms with Crippen LogP contribution in [-0.2, 0) is 0 Å². The van der Waals surface area contributed by atoms with E-state index in [0.717, 1.165) is 0 Å². The molecule has 0 aliphatic rings. The van der Waals surface area contributed by atoms with E-state index < -0.39 is 24.9 Å². The van der Waals surface area contributed by atoms with Gasteiger partial charge in [0.15, 0.2) is 0 Å². The lowest BCUT2D eigenvalue weighted by molar-refractivity contribution is -0.00838. The second kappa shape index (κ2) is 5.79. The maximum Gasteiger partial charge on any atom is 0.0905 e. The van der Waals surface area contributed by atoms with E-state index in [2.05, 4.69) is 10.0 Å². The van der Waals surface area contributed by atoms with Gasteiger partial charge < -0.3 is 15.3 Å². The summed E-state index contributed by atoms with van der Waals surface area (Å²) in [4.78, 5) is 2.44. The molecule has 0 bridgehead atoms. The third-order valence-corrected chi connectivity index (χ3v) is 1.59. The van der Waals surface area contributed by atoms with Crippen molar-refractivity contribution in [2.75, 3.05) is 6.61 Å². The molecule has 0 heterocycles. The lowest BCUT2D eigenvalue weighted by Gasteiger charge is -2.20. The van der Waals surface area contributed by atoms with E-state index in [1.165, 1.54) is 0 Å². The average molecular weight is 175 g/mol. The summed E-state index contributed by atoms with van der Waals surface area (Å²) in [6.07, 6.45) is -1.82. The van der Waals surface area contributed by atoms with Crippen LogP contribution in [0.1, 0.15) is 13.3 Å². The molecule has 0 saturated carbocycles. The molecule has 0 fully saturated rings. The van der Waals surface area contributed by atoms with Crippen molar-refractivity contribution in [1.29, 1.82) is 0 Å². The molecule has 0 amide bonds. The monoisotopic (exact) mass is 175 g/mol. The van der Waals surface area contributed by atoms with Gasteiger partial charge in [-0.2, -0.15) is 0 Å². The van der Waals surface area contributed by atoms with Gasteiger partial charge in [0.1, 0.15) is 0 Å². The normalized spacial score (nSPS) is 17.7. The van der Waals surface area contributed by atoms with E-state index in [4.69, 9.17) is 15.7 Å². The Kier molecular flexibility index (Phi) is 5.40. The first-order valence-electron chi connectivity index (χ1n) is 3.68. The highest BCUT2D eigenvalue weighted by Crippen LogP contribution is 2.06. The van der Waals surface area contributed by atoms with Crippen LogP contribution in [0, 0.1) is 0 Å². The second-order valence-electron chi connectivity index (χ2n) is 2.42. The molecule has 70 valence electrons. The zero-order chi connectivity index (χ0) is 9.56. The van der Waals surface area contributed by atoms with Gasteiger partial charge >= 0.3 is 0 Å². The fraction of sp³-hybridized carbons (Fsp3) is 1.00. The summed E-state index contributed by atoms with van der Waals surface area (Å²) < 4.78 is 0. The Hall–Kier alpha value is -0.810. The molecule has 3 N–H and O–H groups in total. The highest BCUT2D eigenvalue weighted by molar-refractivity contribution is 4.80. The highest BCUT2D eigenvalue weighted by Gasteiger charge is 2.23. The Morgan fingerprint density at radius 1 is 1.50 bits per heavy atom. The summed E-state index contributed by atoms with van der Waals surface area (Å²) in [7, 11) is 0. The Balaban J connectivity index is 4.19. The van der Waals surface area contributed by atoms with E-state index in [-0.39, 0.29) is 0 Å². The van der Waals surface area contributed by atoms with Crippen LogP contribution in [0.5, 0.6) is 0 Å². The Morgan fingerprint density at radius 3 is 2.42 bits per heavy atom. The average Bonchev–Trinajstić information content (AvgIpc) is 2.11. The summed E-state index contributed by atoms with van der Waals surface area (Å²) >= 11 is 0. The molecule has 0 saturated heterocycles. The molecule has 0 aromatic rings. The number of aliphatic hydroxyl groups is 3. The van der Waals surface area contributed by atoms with Crippen molar-refractivity contribution in [3.8, 4) is 0 Å². The SMILES string of the molecule is CC[C@H](O)[C@@H](O)[C@@H](CO)N=[N+]=[N-]. The van der Waals surface area contributed by atoms with Gasteiger partial charge in [0, 0.05) is 4.91 Å². The number of rotatable bonds is 5. The first kappa shape index (κ1) is 11.2. The van der Waals surface area contributed by atoms with Crippen molar-refractivity contribution >= 4 is 0 Å². The van der Waals surface area contributed by atoms with Crippen molar-refractivity contribution in [2.24, 2.45) is 5.11 Å². The van der Waals surface area contributed by atoms with Crippen molar-refractivity contribution in [3.05, 3.63) is 10.4 Å². The molecule has 0 spiro atoms. The lowest BCUT2D eigenvalue weighted by Crippen LogP contribution is -2.37. The standard InChI is InChI=1S/C6H13N3O3/c1-2-5(11)6(12)4(3-10)8-9-7/h4-6,10-12H,2-3H2,1H3/t4-,5+,6+/m1/s1. The quantitative estimate of drug-likeness (QED) is 0.305. The number of azide groups is 1. The smallest absolute Gasteiger partial charge is 0.0905 e. The van der Waals surface area contributed by atoms with Crippen molar-refractivity contribution < 1.29 is 15.3 Å². The van der Waals surface area contributed by atoms with Crippen LogP contribution in [-0.4, -0.2) is 40.2 Å². The minimum Gasteiger partial charge on any atom is -0.396 e. The largest absolute Gasteiger partial charge is 0.396 e. The van der Waals surface area contributed by atoms with E-state index in [9.17, 15) is 5.11 Å². The second-order valence-corrected chi connectivity index (χ2v) is 2.42.